The molecule has 0 radical (unpaired) electrons. The van der Waals surface area contributed by atoms with Crippen molar-refractivity contribution in [2.45, 2.75) is 71.0 Å². The van der Waals surface area contributed by atoms with Gasteiger partial charge in [-0.3, -0.25) is 13.9 Å². The molecule has 0 unspecified atom stereocenters. The van der Waals surface area contributed by atoms with E-state index in [9.17, 15) is 18.0 Å². The second kappa shape index (κ2) is 14.7. The Balaban J connectivity index is 2.11. The molecule has 3 rings (SSSR count). The zero-order valence-electron chi connectivity index (χ0n) is 24.5. The van der Waals surface area contributed by atoms with E-state index in [1.165, 1.54) is 17.0 Å². The number of sulfonamides is 1. The van der Waals surface area contributed by atoms with Gasteiger partial charge in [0.25, 0.3) is 10.0 Å². The number of hydrogen-bond donors (Lipinski definition) is 1. The number of para-hydroxylation sites is 2. The highest BCUT2D eigenvalue weighted by Crippen LogP contribution is 2.33. The Morgan fingerprint density at radius 2 is 1.51 bits per heavy atom. The van der Waals surface area contributed by atoms with Crippen LogP contribution in [0.25, 0.3) is 0 Å². The fraction of sp³-hybridized carbons (Fsp3) is 0.375. The Hall–Kier alpha value is -3.85. The van der Waals surface area contributed by atoms with Crippen molar-refractivity contribution in [3.8, 4) is 5.75 Å². The standard InChI is InChI=1S/C32H41N3O5S/c1-6-25(5)33-32(37)28(7-2)34(22-26-17-13-12-16-24(26)4)31(36)23-35(29-20-14-15-21-30(29)40-8-3)41(38,39)27-18-10-9-11-19-27/h9-21,25,28H,6-8,22-23H2,1-5H3,(H,33,37)/t25-,28-/m0/s1. The lowest BCUT2D eigenvalue weighted by atomic mass is 10.1. The lowest BCUT2D eigenvalue weighted by Crippen LogP contribution is -2.53. The van der Waals surface area contributed by atoms with Crippen LogP contribution in [-0.4, -0.2) is 50.4 Å². The Bertz CT molecular complexity index is 1410. The van der Waals surface area contributed by atoms with E-state index in [0.29, 0.717) is 18.8 Å². The molecular weight excluding hydrogens is 538 g/mol. The lowest BCUT2D eigenvalue weighted by Gasteiger charge is -2.34. The minimum absolute atomic E-state index is 0.0473. The molecule has 3 aromatic rings. The Morgan fingerprint density at radius 1 is 0.878 bits per heavy atom. The predicted octanol–water partition coefficient (Wildman–Crippen LogP) is 5.31. The molecule has 0 aliphatic carbocycles. The van der Waals surface area contributed by atoms with Crippen LogP contribution >= 0.6 is 0 Å². The van der Waals surface area contributed by atoms with E-state index < -0.39 is 28.5 Å². The number of nitrogens with one attached hydrogen (secondary N) is 1. The minimum Gasteiger partial charge on any atom is -0.492 e. The van der Waals surface area contributed by atoms with Crippen molar-refractivity contribution in [1.82, 2.24) is 10.2 Å². The number of anilines is 1. The summed E-state index contributed by atoms with van der Waals surface area (Å²) in [4.78, 5) is 29.2. The Morgan fingerprint density at radius 3 is 2.15 bits per heavy atom. The first-order chi connectivity index (χ1) is 19.6. The summed E-state index contributed by atoms with van der Waals surface area (Å²) in [5.41, 5.74) is 2.10. The molecule has 8 nitrogen and oxygen atoms in total. The number of carbonyl (C=O) groups is 2. The number of benzene rings is 3. The van der Waals surface area contributed by atoms with Crippen molar-refractivity contribution in [3.63, 3.8) is 0 Å². The molecule has 3 aromatic carbocycles. The zero-order chi connectivity index (χ0) is 30.0. The van der Waals surface area contributed by atoms with E-state index in [-0.39, 0.29) is 29.1 Å². The monoisotopic (exact) mass is 579 g/mol. The van der Waals surface area contributed by atoms with Gasteiger partial charge in [-0.05, 0) is 69.0 Å². The third-order valence-corrected chi connectivity index (χ3v) is 8.81. The van der Waals surface area contributed by atoms with Gasteiger partial charge < -0.3 is 15.0 Å². The molecule has 9 heteroatoms. The van der Waals surface area contributed by atoms with Crippen LogP contribution in [0.2, 0.25) is 0 Å². The molecule has 0 bridgehead atoms. The predicted molar refractivity (Wildman–Crippen MR) is 162 cm³/mol. The third-order valence-electron chi connectivity index (χ3n) is 7.03. The number of nitrogens with zero attached hydrogens (tertiary/aromatic N) is 2. The molecule has 41 heavy (non-hydrogen) atoms. The largest absolute Gasteiger partial charge is 0.492 e. The highest BCUT2D eigenvalue weighted by atomic mass is 32.2. The topological polar surface area (TPSA) is 96.0 Å². The second-order valence-electron chi connectivity index (χ2n) is 9.92. The number of amides is 2. The first-order valence-electron chi connectivity index (χ1n) is 14.1. The summed E-state index contributed by atoms with van der Waals surface area (Å²) in [6.45, 7) is 9.46. The SMILES string of the molecule is CCOc1ccccc1N(CC(=O)N(Cc1ccccc1C)[C@@H](CC)C(=O)N[C@@H](C)CC)S(=O)(=O)c1ccccc1. The minimum atomic E-state index is -4.17. The van der Waals surface area contributed by atoms with Crippen LogP contribution in [0, 0.1) is 6.92 Å². The average Bonchev–Trinajstić information content (AvgIpc) is 2.97. The molecule has 0 heterocycles. The lowest BCUT2D eigenvalue weighted by molar-refractivity contribution is -0.140. The van der Waals surface area contributed by atoms with E-state index in [2.05, 4.69) is 5.32 Å². The van der Waals surface area contributed by atoms with Gasteiger partial charge in [0.05, 0.1) is 17.2 Å². The summed E-state index contributed by atoms with van der Waals surface area (Å²) in [5, 5.41) is 3.00. The molecule has 2 atom stereocenters. The summed E-state index contributed by atoms with van der Waals surface area (Å²) in [5.74, 6) is -0.421. The van der Waals surface area contributed by atoms with Crippen LogP contribution in [0.5, 0.6) is 5.75 Å². The molecule has 2 amide bonds. The van der Waals surface area contributed by atoms with Gasteiger partial charge in [-0.25, -0.2) is 8.42 Å². The van der Waals surface area contributed by atoms with E-state index in [4.69, 9.17) is 4.74 Å². The number of aryl methyl sites for hydroxylation is 1. The smallest absolute Gasteiger partial charge is 0.264 e. The quantitative estimate of drug-likeness (QED) is 0.279. The summed E-state index contributed by atoms with van der Waals surface area (Å²) in [6, 6.07) is 21.5. The van der Waals surface area contributed by atoms with Crippen molar-refractivity contribution < 1.29 is 22.7 Å². The van der Waals surface area contributed by atoms with Crippen LogP contribution in [0.4, 0.5) is 5.69 Å². The summed E-state index contributed by atoms with van der Waals surface area (Å²) in [7, 11) is -4.17. The maximum absolute atomic E-state index is 14.2. The van der Waals surface area contributed by atoms with Gasteiger partial charge in [0.1, 0.15) is 18.3 Å². The van der Waals surface area contributed by atoms with E-state index in [1.54, 1.807) is 42.5 Å². The zero-order valence-corrected chi connectivity index (χ0v) is 25.4. The van der Waals surface area contributed by atoms with Gasteiger partial charge in [-0.1, -0.05) is 68.4 Å². The van der Waals surface area contributed by atoms with Crippen molar-refractivity contribution in [1.29, 1.82) is 0 Å². The number of carbonyl (C=O) groups excluding carboxylic acids is 2. The van der Waals surface area contributed by atoms with Crippen molar-refractivity contribution in [2.75, 3.05) is 17.5 Å². The van der Waals surface area contributed by atoms with E-state index in [1.807, 2.05) is 58.9 Å². The fourth-order valence-corrected chi connectivity index (χ4v) is 5.95. The van der Waals surface area contributed by atoms with Crippen LogP contribution in [0.3, 0.4) is 0 Å². The molecule has 0 aliphatic heterocycles. The molecule has 0 saturated carbocycles. The molecule has 1 N–H and O–H groups in total. The average molecular weight is 580 g/mol. The number of ether oxygens (including phenoxy) is 1. The van der Waals surface area contributed by atoms with Crippen molar-refractivity contribution in [2.24, 2.45) is 0 Å². The first kappa shape index (κ1) is 31.7. The molecule has 220 valence electrons. The highest BCUT2D eigenvalue weighted by Gasteiger charge is 2.35. The second-order valence-corrected chi connectivity index (χ2v) is 11.8. The normalized spacial score (nSPS) is 12.7. The molecule has 0 saturated heterocycles. The van der Waals surface area contributed by atoms with Crippen molar-refractivity contribution in [3.05, 3.63) is 90.0 Å². The summed E-state index contributed by atoms with van der Waals surface area (Å²) < 4.78 is 34.9. The maximum Gasteiger partial charge on any atom is 0.264 e. The van der Waals surface area contributed by atoms with Crippen LogP contribution < -0.4 is 14.4 Å². The highest BCUT2D eigenvalue weighted by molar-refractivity contribution is 7.92. The van der Waals surface area contributed by atoms with Crippen molar-refractivity contribution >= 4 is 27.5 Å². The number of rotatable bonds is 14. The molecule has 0 fully saturated rings. The van der Waals surface area contributed by atoms with Crippen LogP contribution in [0.1, 0.15) is 51.7 Å². The third kappa shape index (κ3) is 7.88. The van der Waals surface area contributed by atoms with Crippen LogP contribution in [-0.2, 0) is 26.2 Å². The Kier molecular flexibility index (Phi) is 11.3. The van der Waals surface area contributed by atoms with Gasteiger partial charge in [-0.15, -0.1) is 0 Å². The van der Waals surface area contributed by atoms with Gasteiger partial charge in [0.2, 0.25) is 11.8 Å². The van der Waals surface area contributed by atoms with Gasteiger partial charge in [-0.2, -0.15) is 0 Å². The van der Waals surface area contributed by atoms with Gasteiger partial charge in [0.15, 0.2) is 0 Å². The molecular formula is C32H41N3O5S. The van der Waals surface area contributed by atoms with Gasteiger partial charge >= 0.3 is 0 Å². The van der Waals surface area contributed by atoms with Gasteiger partial charge in [0, 0.05) is 12.6 Å². The fourth-order valence-electron chi connectivity index (χ4n) is 4.51. The number of hydrogen-bond acceptors (Lipinski definition) is 5. The van der Waals surface area contributed by atoms with E-state index >= 15 is 0 Å². The first-order valence-corrected chi connectivity index (χ1v) is 15.5. The van der Waals surface area contributed by atoms with E-state index in [0.717, 1.165) is 21.9 Å². The summed E-state index contributed by atoms with van der Waals surface area (Å²) >= 11 is 0. The molecule has 0 aliphatic rings. The molecule has 0 aromatic heterocycles. The molecule has 0 spiro atoms. The Labute approximate surface area is 244 Å². The maximum atomic E-state index is 14.2. The summed E-state index contributed by atoms with van der Waals surface area (Å²) in [6.07, 6.45) is 1.10. The van der Waals surface area contributed by atoms with Crippen LogP contribution in [0.15, 0.2) is 83.8 Å².